The van der Waals surface area contributed by atoms with Gasteiger partial charge in [0, 0.05) is 29.4 Å². The van der Waals surface area contributed by atoms with Crippen LogP contribution in [0.4, 0.5) is 5.69 Å². The lowest BCUT2D eigenvalue weighted by atomic mass is 10.2. The maximum absolute atomic E-state index is 12.6. The standard InChI is InChI=1S/C17H15N3O2S/c21-23(22,14-8-9-15(19-11-14)12-6-7-12)20-16-5-1-3-13-4-2-10-18-17(13)16/h1-5,8-12,20H,6-7H2. The van der Waals surface area contributed by atoms with Crippen molar-refractivity contribution < 1.29 is 8.42 Å². The number of fused-ring (bicyclic) bond motifs is 1. The van der Waals surface area contributed by atoms with Gasteiger partial charge in [-0.3, -0.25) is 14.7 Å². The first-order valence-corrected chi connectivity index (χ1v) is 8.94. The van der Waals surface area contributed by atoms with Crippen LogP contribution in [0.1, 0.15) is 24.5 Å². The highest BCUT2D eigenvalue weighted by Gasteiger charge is 2.25. The van der Waals surface area contributed by atoms with Gasteiger partial charge in [0.1, 0.15) is 4.90 Å². The Kier molecular flexibility index (Phi) is 3.27. The van der Waals surface area contributed by atoms with Crippen LogP contribution in [0.2, 0.25) is 0 Å². The number of pyridine rings is 2. The van der Waals surface area contributed by atoms with E-state index in [4.69, 9.17) is 0 Å². The molecule has 116 valence electrons. The SMILES string of the molecule is O=S(=O)(Nc1cccc2cccnc12)c1ccc(C2CC2)nc1. The first-order valence-electron chi connectivity index (χ1n) is 7.46. The summed E-state index contributed by atoms with van der Waals surface area (Å²) in [6, 6.07) is 12.5. The number of sulfonamides is 1. The summed E-state index contributed by atoms with van der Waals surface area (Å²) in [5.41, 5.74) is 2.06. The molecule has 0 atom stereocenters. The van der Waals surface area contributed by atoms with Crippen molar-refractivity contribution in [3.63, 3.8) is 0 Å². The van der Waals surface area contributed by atoms with Gasteiger partial charge in [0.25, 0.3) is 10.0 Å². The Bertz CT molecular complexity index is 959. The van der Waals surface area contributed by atoms with Crippen LogP contribution >= 0.6 is 0 Å². The summed E-state index contributed by atoms with van der Waals surface area (Å²) in [6.07, 6.45) is 5.35. The van der Waals surface area contributed by atoms with Gasteiger partial charge in [-0.15, -0.1) is 0 Å². The third kappa shape index (κ3) is 2.77. The number of hydrogen-bond donors (Lipinski definition) is 1. The van der Waals surface area contributed by atoms with Crippen LogP contribution < -0.4 is 4.72 Å². The second-order valence-corrected chi connectivity index (χ2v) is 7.36. The number of aromatic nitrogens is 2. The van der Waals surface area contributed by atoms with E-state index in [1.807, 2.05) is 18.2 Å². The van der Waals surface area contributed by atoms with Gasteiger partial charge in [-0.25, -0.2) is 8.42 Å². The van der Waals surface area contributed by atoms with Crippen molar-refractivity contribution >= 4 is 26.6 Å². The fourth-order valence-electron chi connectivity index (χ4n) is 2.56. The lowest BCUT2D eigenvalue weighted by Crippen LogP contribution is -2.13. The molecule has 1 saturated carbocycles. The number of nitrogens with zero attached hydrogens (tertiary/aromatic N) is 2. The Morgan fingerprint density at radius 1 is 1.00 bits per heavy atom. The highest BCUT2D eigenvalue weighted by Crippen LogP contribution is 2.38. The Morgan fingerprint density at radius 3 is 2.57 bits per heavy atom. The molecular weight excluding hydrogens is 310 g/mol. The van der Waals surface area contributed by atoms with E-state index in [0.29, 0.717) is 17.1 Å². The van der Waals surface area contributed by atoms with Gasteiger partial charge < -0.3 is 0 Å². The molecule has 6 heteroatoms. The van der Waals surface area contributed by atoms with E-state index in [1.54, 1.807) is 30.5 Å². The van der Waals surface area contributed by atoms with Crippen LogP contribution in [0.5, 0.6) is 0 Å². The van der Waals surface area contributed by atoms with Crippen molar-refractivity contribution in [2.75, 3.05) is 4.72 Å². The summed E-state index contributed by atoms with van der Waals surface area (Å²) < 4.78 is 27.7. The van der Waals surface area contributed by atoms with Crippen LogP contribution in [0.25, 0.3) is 10.9 Å². The molecule has 2 heterocycles. The number of para-hydroxylation sites is 1. The highest BCUT2D eigenvalue weighted by atomic mass is 32.2. The second-order valence-electron chi connectivity index (χ2n) is 5.68. The maximum atomic E-state index is 12.6. The van der Waals surface area contributed by atoms with E-state index in [-0.39, 0.29) is 4.90 Å². The average molecular weight is 325 g/mol. The van der Waals surface area contributed by atoms with E-state index < -0.39 is 10.0 Å². The number of nitrogens with one attached hydrogen (secondary N) is 1. The van der Waals surface area contributed by atoms with Crippen LogP contribution in [-0.2, 0) is 10.0 Å². The summed E-state index contributed by atoms with van der Waals surface area (Å²) in [4.78, 5) is 8.70. The van der Waals surface area contributed by atoms with E-state index in [1.165, 1.54) is 6.20 Å². The Morgan fingerprint density at radius 2 is 1.83 bits per heavy atom. The zero-order valence-corrected chi connectivity index (χ0v) is 13.1. The van der Waals surface area contributed by atoms with E-state index in [2.05, 4.69) is 14.7 Å². The van der Waals surface area contributed by atoms with Gasteiger partial charge in [-0.1, -0.05) is 18.2 Å². The fraction of sp³-hybridized carbons (Fsp3) is 0.176. The van der Waals surface area contributed by atoms with Crippen molar-refractivity contribution in [3.05, 3.63) is 60.6 Å². The molecule has 0 radical (unpaired) electrons. The minimum Gasteiger partial charge on any atom is -0.277 e. The third-order valence-electron chi connectivity index (χ3n) is 3.94. The van der Waals surface area contributed by atoms with Crippen molar-refractivity contribution in [1.82, 2.24) is 9.97 Å². The zero-order chi connectivity index (χ0) is 15.9. The number of anilines is 1. The quantitative estimate of drug-likeness (QED) is 0.799. The summed E-state index contributed by atoms with van der Waals surface area (Å²) in [6.45, 7) is 0. The van der Waals surface area contributed by atoms with Gasteiger partial charge in [0.05, 0.1) is 11.2 Å². The van der Waals surface area contributed by atoms with Crippen LogP contribution in [0.15, 0.2) is 59.8 Å². The molecule has 0 spiro atoms. The summed E-state index contributed by atoms with van der Waals surface area (Å²) in [5.74, 6) is 0.502. The summed E-state index contributed by atoms with van der Waals surface area (Å²) >= 11 is 0. The minimum atomic E-state index is -3.68. The van der Waals surface area contributed by atoms with Crippen LogP contribution in [0.3, 0.4) is 0 Å². The van der Waals surface area contributed by atoms with Gasteiger partial charge in [0.2, 0.25) is 0 Å². The smallest absolute Gasteiger partial charge is 0.263 e. The van der Waals surface area contributed by atoms with E-state index >= 15 is 0 Å². The summed E-state index contributed by atoms with van der Waals surface area (Å²) in [7, 11) is -3.68. The molecule has 0 saturated heterocycles. The largest absolute Gasteiger partial charge is 0.277 e. The minimum absolute atomic E-state index is 0.162. The number of benzene rings is 1. The third-order valence-corrected chi connectivity index (χ3v) is 5.29. The molecule has 2 aromatic heterocycles. The molecule has 0 amide bonds. The molecule has 1 aromatic carbocycles. The van der Waals surface area contributed by atoms with Crippen molar-refractivity contribution in [2.24, 2.45) is 0 Å². The second kappa shape index (κ2) is 5.31. The van der Waals surface area contributed by atoms with Gasteiger partial charge in [0.15, 0.2) is 0 Å². The monoisotopic (exact) mass is 325 g/mol. The molecule has 1 aliphatic carbocycles. The van der Waals surface area contributed by atoms with Gasteiger partial charge >= 0.3 is 0 Å². The van der Waals surface area contributed by atoms with Gasteiger partial charge in [-0.05, 0) is 37.1 Å². The molecule has 0 unspecified atom stereocenters. The molecule has 4 rings (SSSR count). The molecular formula is C17H15N3O2S. The average Bonchev–Trinajstić information content (AvgIpc) is 3.40. The topological polar surface area (TPSA) is 72.0 Å². The lowest BCUT2D eigenvalue weighted by molar-refractivity contribution is 0.600. The predicted molar refractivity (Wildman–Crippen MR) is 88.8 cm³/mol. The Hall–Kier alpha value is -2.47. The highest BCUT2D eigenvalue weighted by molar-refractivity contribution is 7.92. The first kappa shape index (κ1) is 14.1. The summed E-state index contributed by atoms with van der Waals surface area (Å²) in [5, 5.41) is 0.884. The van der Waals surface area contributed by atoms with Crippen molar-refractivity contribution in [2.45, 2.75) is 23.7 Å². The van der Waals surface area contributed by atoms with E-state index in [9.17, 15) is 8.42 Å². The lowest BCUT2D eigenvalue weighted by Gasteiger charge is -2.10. The Labute approximate surface area is 134 Å². The van der Waals surface area contributed by atoms with Crippen molar-refractivity contribution in [3.8, 4) is 0 Å². The molecule has 3 aromatic rings. The molecule has 1 aliphatic rings. The van der Waals surface area contributed by atoms with Crippen LogP contribution in [-0.4, -0.2) is 18.4 Å². The molecule has 5 nitrogen and oxygen atoms in total. The van der Waals surface area contributed by atoms with E-state index in [0.717, 1.165) is 23.9 Å². The Balaban J connectivity index is 1.68. The number of hydrogen-bond acceptors (Lipinski definition) is 4. The molecule has 23 heavy (non-hydrogen) atoms. The van der Waals surface area contributed by atoms with Crippen molar-refractivity contribution in [1.29, 1.82) is 0 Å². The molecule has 1 N–H and O–H groups in total. The maximum Gasteiger partial charge on any atom is 0.263 e. The number of rotatable bonds is 4. The first-order chi connectivity index (χ1) is 11.1. The van der Waals surface area contributed by atoms with Crippen LogP contribution in [0, 0.1) is 0 Å². The zero-order valence-electron chi connectivity index (χ0n) is 12.3. The van der Waals surface area contributed by atoms with Gasteiger partial charge in [-0.2, -0.15) is 0 Å². The molecule has 1 fully saturated rings. The fourth-order valence-corrected chi connectivity index (χ4v) is 3.57. The normalized spacial score (nSPS) is 14.8. The predicted octanol–water partition coefficient (Wildman–Crippen LogP) is 3.31. The molecule has 0 bridgehead atoms. The molecule has 0 aliphatic heterocycles.